The van der Waals surface area contributed by atoms with Gasteiger partial charge in [0.1, 0.15) is 5.82 Å². The molecule has 1 aromatic carbocycles. The molecule has 4 rings (SSSR count). The summed E-state index contributed by atoms with van der Waals surface area (Å²) in [5.74, 6) is 1.04. The third kappa shape index (κ3) is 2.80. The Labute approximate surface area is 144 Å². The molecule has 128 valence electrons. The van der Waals surface area contributed by atoms with Crippen LogP contribution in [-0.2, 0) is 19.6 Å². The number of hydrogen-bond donors (Lipinski definition) is 1. The number of benzene rings is 1. The molecule has 1 aromatic heterocycles. The normalized spacial score (nSPS) is 17.8. The minimum atomic E-state index is 0. The molecule has 0 unspecified atom stereocenters. The first-order valence-corrected chi connectivity index (χ1v) is 8.42. The standard InChI is InChI=1S/C19H23N3O.CH4/c1-21-9-6-15(7-10-21)18-17-5-3-2-4-14(17)8-11-22-16(13-23)12-20-19(18)22;/h2-5,12,23H,6-11,13H2,1H3;1H4. The van der Waals surface area contributed by atoms with Gasteiger partial charge in [-0.3, -0.25) is 0 Å². The molecule has 0 radical (unpaired) electrons. The second-order valence-electron chi connectivity index (χ2n) is 6.57. The second-order valence-corrected chi connectivity index (χ2v) is 6.57. The van der Waals surface area contributed by atoms with E-state index in [-0.39, 0.29) is 14.0 Å². The van der Waals surface area contributed by atoms with E-state index >= 15 is 0 Å². The van der Waals surface area contributed by atoms with Gasteiger partial charge in [0.2, 0.25) is 0 Å². The Morgan fingerprint density at radius 3 is 2.58 bits per heavy atom. The highest BCUT2D eigenvalue weighted by Gasteiger charge is 2.25. The van der Waals surface area contributed by atoms with E-state index in [9.17, 15) is 5.11 Å². The minimum absolute atomic E-state index is 0. The molecule has 1 saturated heterocycles. The van der Waals surface area contributed by atoms with Gasteiger partial charge in [0.25, 0.3) is 0 Å². The van der Waals surface area contributed by atoms with Crippen LogP contribution < -0.4 is 0 Å². The first-order valence-electron chi connectivity index (χ1n) is 8.42. The molecule has 0 spiro atoms. The number of aliphatic hydroxyl groups excluding tert-OH is 1. The van der Waals surface area contributed by atoms with Gasteiger partial charge < -0.3 is 14.6 Å². The molecular formula is C20H27N3O. The van der Waals surface area contributed by atoms with Crippen molar-refractivity contribution in [2.75, 3.05) is 20.1 Å². The van der Waals surface area contributed by atoms with Gasteiger partial charge in [0.05, 0.1) is 18.5 Å². The highest BCUT2D eigenvalue weighted by Crippen LogP contribution is 2.36. The molecule has 24 heavy (non-hydrogen) atoms. The summed E-state index contributed by atoms with van der Waals surface area (Å²) in [5, 5.41) is 9.64. The van der Waals surface area contributed by atoms with Crippen LogP contribution in [0.15, 0.2) is 36.0 Å². The second kappa shape index (κ2) is 6.91. The van der Waals surface area contributed by atoms with Crippen molar-refractivity contribution in [3.8, 4) is 0 Å². The van der Waals surface area contributed by atoms with Crippen molar-refractivity contribution in [2.45, 2.75) is 39.8 Å². The Morgan fingerprint density at radius 1 is 1.08 bits per heavy atom. The van der Waals surface area contributed by atoms with Gasteiger partial charge >= 0.3 is 0 Å². The van der Waals surface area contributed by atoms with Gasteiger partial charge in [-0.05, 0) is 37.4 Å². The Kier molecular flexibility index (Phi) is 4.88. The lowest BCUT2D eigenvalue weighted by Crippen LogP contribution is -2.27. The lowest BCUT2D eigenvalue weighted by molar-refractivity contribution is 0.270. The summed E-state index contributed by atoms with van der Waals surface area (Å²) in [6.07, 6.45) is 5.02. The predicted octanol–water partition coefficient (Wildman–Crippen LogP) is 3.10. The van der Waals surface area contributed by atoms with E-state index in [0.717, 1.165) is 50.4 Å². The first kappa shape index (κ1) is 16.9. The number of rotatable bonds is 1. The smallest absolute Gasteiger partial charge is 0.140 e. The number of imidazole rings is 1. The lowest BCUT2D eigenvalue weighted by Gasteiger charge is -2.26. The van der Waals surface area contributed by atoms with Crippen LogP contribution in [-0.4, -0.2) is 39.7 Å². The number of aryl methyl sites for hydroxylation is 1. The maximum absolute atomic E-state index is 9.64. The van der Waals surface area contributed by atoms with Gasteiger partial charge in [0, 0.05) is 25.2 Å². The third-order valence-electron chi connectivity index (χ3n) is 5.16. The van der Waals surface area contributed by atoms with Crippen molar-refractivity contribution in [2.24, 2.45) is 0 Å². The van der Waals surface area contributed by atoms with Crippen LogP contribution in [0.3, 0.4) is 0 Å². The van der Waals surface area contributed by atoms with Crippen molar-refractivity contribution in [3.63, 3.8) is 0 Å². The average Bonchev–Trinajstić information content (AvgIpc) is 2.91. The monoisotopic (exact) mass is 325 g/mol. The van der Waals surface area contributed by atoms with E-state index in [1.807, 2.05) is 6.20 Å². The van der Waals surface area contributed by atoms with E-state index in [1.54, 1.807) is 0 Å². The van der Waals surface area contributed by atoms with E-state index in [0.29, 0.717) is 0 Å². The first-order chi connectivity index (χ1) is 11.3. The van der Waals surface area contributed by atoms with Crippen molar-refractivity contribution in [1.82, 2.24) is 14.5 Å². The van der Waals surface area contributed by atoms with Crippen molar-refractivity contribution in [1.29, 1.82) is 0 Å². The van der Waals surface area contributed by atoms with Crippen LogP contribution in [0.5, 0.6) is 0 Å². The molecule has 0 bridgehead atoms. The van der Waals surface area contributed by atoms with Crippen molar-refractivity contribution < 1.29 is 5.11 Å². The van der Waals surface area contributed by atoms with Gasteiger partial charge in [-0.15, -0.1) is 0 Å². The molecule has 0 aliphatic carbocycles. The molecule has 0 atom stereocenters. The van der Waals surface area contributed by atoms with Gasteiger partial charge in [0.15, 0.2) is 0 Å². The van der Waals surface area contributed by atoms with Crippen molar-refractivity contribution >= 4 is 5.57 Å². The Bertz CT molecular complexity index is 750. The highest BCUT2D eigenvalue weighted by atomic mass is 16.3. The molecule has 4 nitrogen and oxygen atoms in total. The fraction of sp³-hybridized carbons (Fsp3) is 0.450. The zero-order valence-electron chi connectivity index (χ0n) is 13.6. The third-order valence-corrected chi connectivity index (χ3v) is 5.16. The van der Waals surface area contributed by atoms with E-state index in [4.69, 9.17) is 4.98 Å². The van der Waals surface area contributed by atoms with Gasteiger partial charge in [-0.1, -0.05) is 37.3 Å². The molecule has 4 heteroatoms. The summed E-state index contributed by atoms with van der Waals surface area (Å²) in [5.41, 5.74) is 6.46. The largest absolute Gasteiger partial charge is 0.390 e. The Hall–Kier alpha value is -1.91. The number of piperidine rings is 1. The molecule has 2 aliphatic heterocycles. The highest BCUT2D eigenvalue weighted by molar-refractivity contribution is 5.81. The number of nitrogens with zero attached hydrogens (tertiary/aromatic N) is 3. The Morgan fingerprint density at radius 2 is 1.83 bits per heavy atom. The van der Waals surface area contributed by atoms with Gasteiger partial charge in [-0.2, -0.15) is 0 Å². The fourth-order valence-electron chi connectivity index (χ4n) is 3.81. The van der Waals surface area contributed by atoms with Crippen molar-refractivity contribution in [3.05, 3.63) is 58.7 Å². The molecule has 3 heterocycles. The van der Waals surface area contributed by atoms with Crippen LogP contribution in [0.1, 0.15) is 42.9 Å². The number of aromatic nitrogens is 2. The van der Waals surface area contributed by atoms with E-state index in [2.05, 4.69) is 40.8 Å². The van der Waals surface area contributed by atoms with Crippen LogP contribution in [0.4, 0.5) is 0 Å². The predicted molar refractivity (Wildman–Crippen MR) is 97.8 cm³/mol. The molecular weight excluding hydrogens is 298 g/mol. The molecule has 1 fully saturated rings. The van der Waals surface area contributed by atoms with Crippen LogP contribution >= 0.6 is 0 Å². The maximum atomic E-state index is 9.64. The van der Waals surface area contributed by atoms with E-state index < -0.39 is 0 Å². The molecule has 1 N–H and O–H groups in total. The Balaban J connectivity index is 0.00000169. The van der Waals surface area contributed by atoms with Crippen LogP contribution in [0.2, 0.25) is 0 Å². The molecule has 2 aromatic rings. The molecule has 0 amide bonds. The topological polar surface area (TPSA) is 41.3 Å². The average molecular weight is 325 g/mol. The zero-order valence-corrected chi connectivity index (χ0v) is 13.6. The number of aliphatic hydroxyl groups is 1. The molecule has 2 aliphatic rings. The summed E-state index contributed by atoms with van der Waals surface area (Å²) in [6.45, 7) is 3.15. The summed E-state index contributed by atoms with van der Waals surface area (Å²) in [6, 6.07) is 8.71. The number of likely N-dealkylation sites (tertiary alicyclic amines) is 1. The van der Waals surface area contributed by atoms with Crippen LogP contribution in [0, 0.1) is 0 Å². The molecule has 0 saturated carbocycles. The summed E-state index contributed by atoms with van der Waals surface area (Å²) < 4.78 is 2.21. The summed E-state index contributed by atoms with van der Waals surface area (Å²) in [4.78, 5) is 7.08. The number of hydrogen-bond acceptors (Lipinski definition) is 3. The lowest BCUT2D eigenvalue weighted by atomic mass is 9.90. The zero-order chi connectivity index (χ0) is 15.8. The number of fused-ring (bicyclic) bond motifs is 2. The minimum Gasteiger partial charge on any atom is -0.390 e. The fourth-order valence-corrected chi connectivity index (χ4v) is 3.81. The van der Waals surface area contributed by atoms with E-state index in [1.165, 1.54) is 22.3 Å². The van der Waals surface area contributed by atoms with Gasteiger partial charge in [-0.25, -0.2) is 4.98 Å². The maximum Gasteiger partial charge on any atom is 0.140 e. The summed E-state index contributed by atoms with van der Waals surface area (Å²) in [7, 11) is 2.19. The summed E-state index contributed by atoms with van der Waals surface area (Å²) >= 11 is 0. The SMILES string of the molecule is C.CN1CCC(=C2c3ccccc3CCn3c(CO)cnc32)CC1. The van der Waals surface area contributed by atoms with Crippen LogP contribution in [0.25, 0.3) is 5.57 Å². The quantitative estimate of drug-likeness (QED) is 0.876.